The second kappa shape index (κ2) is 12.6. The number of hydrogen-bond acceptors (Lipinski definition) is 6. The van der Waals surface area contributed by atoms with E-state index in [0.717, 1.165) is 22.3 Å². The molecule has 228 valence electrons. The number of pyridine rings is 2. The molecule has 2 amide bonds. The molecule has 1 fully saturated rings. The van der Waals surface area contributed by atoms with Gasteiger partial charge in [-0.25, -0.2) is 4.98 Å². The molecule has 4 aromatic rings. The normalized spacial score (nSPS) is 13.5. The fraction of sp³-hybridized carbons (Fsp3) is 0.294. The van der Waals surface area contributed by atoms with Crippen LogP contribution in [0, 0.1) is 6.92 Å². The lowest BCUT2D eigenvalue weighted by Crippen LogP contribution is -2.40. The van der Waals surface area contributed by atoms with E-state index in [1.54, 1.807) is 24.2 Å². The maximum atomic E-state index is 13.1. The third-order valence-corrected chi connectivity index (χ3v) is 8.05. The Bertz CT molecular complexity index is 1770. The number of hydrogen-bond donors (Lipinski definition) is 2. The summed E-state index contributed by atoms with van der Waals surface area (Å²) in [6.45, 7) is 10.3. The van der Waals surface area contributed by atoms with Crippen molar-refractivity contribution in [1.29, 1.82) is 0 Å². The molecule has 9 nitrogen and oxygen atoms in total. The summed E-state index contributed by atoms with van der Waals surface area (Å²) in [5.41, 5.74) is 5.17. The third kappa shape index (κ3) is 6.69. The van der Waals surface area contributed by atoms with Crippen molar-refractivity contribution in [3.05, 3.63) is 105 Å². The molecule has 1 aliphatic heterocycles. The molecular formula is C34H36ClN5O4. The van der Waals surface area contributed by atoms with Gasteiger partial charge < -0.3 is 24.8 Å². The van der Waals surface area contributed by atoms with E-state index in [2.05, 4.69) is 36.4 Å². The van der Waals surface area contributed by atoms with Gasteiger partial charge in [-0.2, -0.15) is 0 Å². The lowest BCUT2D eigenvalue weighted by Gasteiger charge is -2.27. The van der Waals surface area contributed by atoms with E-state index in [1.165, 1.54) is 16.8 Å². The Morgan fingerprint density at radius 3 is 2.36 bits per heavy atom. The van der Waals surface area contributed by atoms with E-state index < -0.39 is 0 Å². The molecular weight excluding hydrogens is 578 g/mol. The van der Waals surface area contributed by atoms with Crippen LogP contribution in [0.4, 0.5) is 17.2 Å². The Labute approximate surface area is 261 Å². The van der Waals surface area contributed by atoms with Gasteiger partial charge in [0.15, 0.2) is 0 Å². The number of rotatable bonds is 6. The molecule has 0 radical (unpaired) electrons. The highest BCUT2D eigenvalue weighted by Crippen LogP contribution is 2.31. The molecule has 2 N–H and O–H groups in total. The summed E-state index contributed by atoms with van der Waals surface area (Å²) in [4.78, 5) is 45.1. The molecule has 2 aromatic carbocycles. The van der Waals surface area contributed by atoms with Crippen LogP contribution in [0.2, 0.25) is 5.02 Å². The van der Waals surface area contributed by atoms with Crippen molar-refractivity contribution in [3.63, 3.8) is 0 Å². The SMILES string of the molecule is Cc1c(NC(=O)c2ccc(C(C)(C)C)cc2)cccc1-c1cc(Nc2cc(Cl)c(C(=O)N3CCOCC3)cn2)c(=O)n(C)c1. The lowest BCUT2D eigenvalue weighted by atomic mass is 9.86. The van der Waals surface area contributed by atoms with Crippen molar-refractivity contribution >= 4 is 40.6 Å². The number of carbonyl (C=O) groups excluding carboxylic acids is 2. The third-order valence-electron chi connectivity index (χ3n) is 7.73. The van der Waals surface area contributed by atoms with E-state index in [4.69, 9.17) is 16.3 Å². The largest absolute Gasteiger partial charge is 0.378 e. The quantitative estimate of drug-likeness (QED) is 0.269. The van der Waals surface area contributed by atoms with Crippen LogP contribution in [-0.4, -0.2) is 52.6 Å². The van der Waals surface area contributed by atoms with Gasteiger partial charge in [0.1, 0.15) is 11.5 Å². The first-order valence-corrected chi connectivity index (χ1v) is 14.8. The first-order valence-electron chi connectivity index (χ1n) is 14.4. The molecule has 0 spiro atoms. The second-order valence-corrected chi connectivity index (χ2v) is 12.3. The first kappa shape index (κ1) is 31.0. The van der Waals surface area contributed by atoms with Crippen LogP contribution in [0.3, 0.4) is 0 Å². The summed E-state index contributed by atoms with van der Waals surface area (Å²) in [5.74, 6) is -0.0790. The van der Waals surface area contributed by atoms with Crippen LogP contribution in [0.25, 0.3) is 11.1 Å². The molecule has 0 atom stereocenters. The number of aromatic nitrogens is 2. The molecule has 1 aliphatic rings. The molecule has 0 unspecified atom stereocenters. The molecule has 2 aromatic heterocycles. The second-order valence-electron chi connectivity index (χ2n) is 11.9. The average Bonchev–Trinajstić information content (AvgIpc) is 3.00. The first-order chi connectivity index (χ1) is 20.9. The number of amides is 2. The highest BCUT2D eigenvalue weighted by atomic mass is 35.5. The number of morpholine rings is 1. The van der Waals surface area contributed by atoms with E-state index in [0.29, 0.717) is 48.9 Å². The van der Waals surface area contributed by atoms with Gasteiger partial charge in [0.05, 0.1) is 23.8 Å². The molecule has 10 heteroatoms. The maximum Gasteiger partial charge on any atom is 0.274 e. The van der Waals surface area contributed by atoms with Gasteiger partial charge in [0.25, 0.3) is 17.4 Å². The number of ether oxygens (including phenoxy) is 1. The summed E-state index contributed by atoms with van der Waals surface area (Å²) in [5, 5.41) is 6.34. The molecule has 1 saturated heterocycles. The summed E-state index contributed by atoms with van der Waals surface area (Å²) in [7, 11) is 1.67. The molecule has 5 rings (SSSR count). The number of benzene rings is 2. The molecule has 0 saturated carbocycles. The van der Waals surface area contributed by atoms with Crippen LogP contribution in [0.5, 0.6) is 0 Å². The van der Waals surface area contributed by atoms with Crippen molar-refractivity contribution in [1.82, 2.24) is 14.5 Å². The number of carbonyl (C=O) groups is 2. The Kier molecular flexibility index (Phi) is 8.90. The van der Waals surface area contributed by atoms with E-state index in [-0.39, 0.29) is 33.5 Å². The zero-order valence-corrected chi connectivity index (χ0v) is 26.3. The van der Waals surface area contributed by atoms with E-state index in [1.807, 2.05) is 49.4 Å². The fourth-order valence-corrected chi connectivity index (χ4v) is 5.31. The van der Waals surface area contributed by atoms with Gasteiger partial charge in [-0.15, -0.1) is 0 Å². The summed E-state index contributed by atoms with van der Waals surface area (Å²) in [6, 6.07) is 16.6. The highest BCUT2D eigenvalue weighted by molar-refractivity contribution is 6.34. The van der Waals surface area contributed by atoms with Crippen LogP contribution in [0.1, 0.15) is 52.6 Å². The standard InChI is InChI=1S/C34H36ClN5O4/c1-21-25(7-6-8-28(21)38-31(41)22-9-11-24(12-10-22)34(2,3)4)23-17-29(33(43)39(5)20-23)37-30-18-27(35)26(19-36-30)32(42)40-13-15-44-16-14-40/h6-12,17-20H,13-16H2,1-5H3,(H,36,37)(H,38,41). The zero-order valence-electron chi connectivity index (χ0n) is 25.5. The average molecular weight is 614 g/mol. The maximum absolute atomic E-state index is 13.1. The van der Waals surface area contributed by atoms with Crippen molar-refractivity contribution < 1.29 is 14.3 Å². The Balaban J connectivity index is 1.38. The van der Waals surface area contributed by atoms with Gasteiger partial charge in [-0.3, -0.25) is 14.4 Å². The lowest BCUT2D eigenvalue weighted by molar-refractivity contribution is 0.0302. The number of nitrogens with one attached hydrogen (secondary N) is 2. The van der Waals surface area contributed by atoms with Crippen molar-refractivity contribution in [2.24, 2.45) is 7.05 Å². The van der Waals surface area contributed by atoms with Crippen molar-refractivity contribution in [3.8, 4) is 11.1 Å². The van der Waals surface area contributed by atoms with Gasteiger partial charge in [0, 0.05) is 55.4 Å². The number of halogens is 1. The molecule has 3 heterocycles. The van der Waals surface area contributed by atoms with Gasteiger partial charge in [0.2, 0.25) is 0 Å². The minimum Gasteiger partial charge on any atom is -0.378 e. The predicted molar refractivity (Wildman–Crippen MR) is 174 cm³/mol. The number of anilines is 3. The van der Waals surface area contributed by atoms with Gasteiger partial charge >= 0.3 is 0 Å². The van der Waals surface area contributed by atoms with Crippen LogP contribution in [-0.2, 0) is 17.2 Å². The van der Waals surface area contributed by atoms with Gasteiger partial charge in [-0.05, 0) is 53.3 Å². The summed E-state index contributed by atoms with van der Waals surface area (Å²) < 4.78 is 6.81. The Morgan fingerprint density at radius 2 is 1.70 bits per heavy atom. The number of aryl methyl sites for hydroxylation is 1. The Morgan fingerprint density at radius 1 is 1.00 bits per heavy atom. The zero-order chi connectivity index (χ0) is 31.6. The van der Waals surface area contributed by atoms with Gasteiger partial charge in [-0.1, -0.05) is 56.6 Å². The number of nitrogens with zero attached hydrogens (tertiary/aromatic N) is 3. The smallest absolute Gasteiger partial charge is 0.274 e. The van der Waals surface area contributed by atoms with Crippen molar-refractivity contribution in [2.75, 3.05) is 36.9 Å². The minimum atomic E-state index is -0.263. The Hall–Kier alpha value is -4.47. The monoisotopic (exact) mass is 613 g/mol. The molecule has 44 heavy (non-hydrogen) atoms. The fourth-order valence-electron chi connectivity index (χ4n) is 5.08. The summed E-state index contributed by atoms with van der Waals surface area (Å²) in [6.07, 6.45) is 3.17. The van der Waals surface area contributed by atoms with Crippen LogP contribution < -0.4 is 16.2 Å². The van der Waals surface area contributed by atoms with Crippen molar-refractivity contribution in [2.45, 2.75) is 33.1 Å². The van der Waals surface area contributed by atoms with Crippen LogP contribution >= 0.6 is 11.6 Å². The summed E-state index contributed by atoms with van der Waals surface area (Å²) >= 11 is 6.48. The van der Waals surface area contributed by atoms with E-state index in [9.17, 15) is 14.4 Å². The topological polar surface area (TPSA) is 106 Å². The van der Waals surface area contributed by atoms with Crippen LogP contribution in [0.15, 0.2) is 71.8 Å². The molecule has 0 bridgehead atoms. The minimum absolute atomic E-state index is 0.00270. The predicted octanol–water partition coefficient (Wildman–Crippen LogP) is 6.17. The van der Waals surface area contributed by atoms with E-state index >= 15 is 0 Å². The highest BCUT2D eigenvalue weighted by Gasteiger charge is 2.22. The molecule has 0 aliphatic carbocycles.